The number of hydrogen-bond acceptors (Lipinski definition) is 2. The van der Waals surface area contributed by atoms with Crippen LogP contribution in [0.4, 0.5) is 0 Å². The zero-order valence-electron chi connectivity index (χ0n) is 9.30. The molecule has 3 nitrogen and oxygen atoms in total. The van der Waals surface area contributed by atoms with Crippen molar-refractivity contribution >= 4 is 0 Å². The number of benzene rings is 1. The summed E-state index contributed by atoms with van der Waals surface area (Å²) in [5.41, 5.74) is -0.352. The maximum atomic E-state index is 11.2. The van der Waals surface area contributed by atoms with Crippen LogP contribution in [0.25, 0.3) is 0 Å². The summed E-state index contributed by atoms with van der Waals surface area (Å²) in [6.45, 7) is 5.18. The van der Waals surface area contributed by atoms with Gasteiger partial charge in [0.05, 0.1) is 0 Å². The SMILES string of the molecule is C=C/C=C/CC(C)(c1ccccc1)[N+](=O)[O-]. The fourth-order valence-corrected chi connectivity index (χ4v) is 1.49. The fraction of sp³-hybridized carbons (Fsp3) is 0.231. The smallest absolute Gasteiger partial charge is 0.247 e. The van der Waals surface area contributed by atoms with Gasteiger partial charge in [-0.1, -0.05) is 55.1 Å². The lowest BCUT2D eigenvalue weighted by atomic mass is 9.89. The van der Waals surface area contributed by atoms with Gasteiger partial charge in [0.2, 0.25) is 5.54 Å². The molecule has 0 aliphatic heterocycles. The summed E-state index contributed by atoms with van der Waals surface area (Å²) in [5.74, 6) is 0. The predicted molar refractivity (Wildman–Crippen MR) is 64.7 cm³/mol. The number of hydrogen-bond donors (Lipinski definition) is 0. The highest BCUT2D eigenvalue weighted by Gasteiger charge is 2.37. The van der Waals surface area contributed by atoms with E-state index in [1.807, 2.05) is 18.2 Å². The molecule has 0 N–H and O–H groups in total. The molecule has 1 aromatic carbocycles. The highest BCUT2D eigenvalue weighted by atomic mass is 16.6. The van der Waals surface area contributed by atoms with E-state index in [9.17, 15) is 10.1 Å². The molecule has 0 fully saturated rings. The van der Waals surface area contributed by atoms with Gasteiger partial charge in [-0.2, -0.15) is 0 Å². The first kappa shape index (κ1) is 12.2. The number of nitrogens with zero attached hydrogens (tertiary/aromatic N) is 1. The Morgan fingerprint density at radius 3 is 2.56 bits per heavy atom. The maximum absolute atomic E-state index is 11.2. The van der Waals surface area contributed by atoms with Crippen LogP contribution in [0.1, 0.15) is 18.9 Å². The van der Waals surface area contributed by atoms with Crippen molar-refractivity contribution in [1.29, 1.82) is 0 Å². The molecule has 0 aliphatic rings. The summed E-state index contributed by atoms with van der Waals surface area (Å²) >= 11 is 0. The highest BCUT2D eigenvalue weighted by Crippen LogP contribution is 2.28. The molecule has 0 radical (unpaired) electrons. The van der Waals surface area contributed by atoms with E-state index in [4.69, 9.17) is 0 Å². The summed E-state index contributed by atoms with van der Waals surface area (Å²) in [4.78, 5) is 10.9. The van der Waals surface area contributed by atoms with Crippen molar-refractivity contribution < 1.29 is 4.92 Å². The third-order valence-electron chi connectivity index (χ3n) is 2.59. The van der Waals surface area contributed by atoms with Crippen molar-refractivity contribution in [2.75, 3.05) is 0 Å². The molecule has 0 heterocycles. The van der Waals surface area contributed by atoms with E-state index in [1.165, 1.54) is 0 Å². The number of nitro groups is 1. The summed E-state index contributed by atoms with van der Waals surface area (Å²) in [5, 5.41) is 11.2. The Labute approximate surface area is 95.3 Å². The van der Waals surface area contributed by atoms with Gasteiger partial charge in [-0.25, -0.2) is 0 Å². The molecule has 0 spiro atoms. The molecular formula is C13H15NO2. The molecule has 1 atom stereocenters. The highest BCUT2D eigenvalue weighted by molar-refractivity contribution is 5.22. The second-order valence-corrected chi connectivity index (χ2v) is 3.76. The lowest BCUT2D eigenvalue weighted by Crippen LogP contribution is -2.31. The average Bonchev–Trinajstić information content (AvgIpc) is 2.30. The van der Waals surface area contributed by atoms with Gasteiger partial charge in [0, 0.05) is 23.8 Å². The zero-order chi connectivity index (χ0) is 12.0. The second kappa shape index (κ2) is 5.26. The Morgan fingerprint density at radius 1 is 1.44 bits per heavy atom. The fourth-order valence-electron chi connectivity index (χ4n) is 1.49. The van der Waals surface area contributed by atoms with E-state index in [1.54, 1.807) is 37.3 Å². The third-order valence-corrected chi connectivity index (χ3v) is 2.59. The van der Waals surface area contributed by atoms with Crippen LogP contribution in [0, 0.1) is 10.1 Å². The molecule has 0 bridgehead atoms. The van der Waals surface area contributed by atoms with E-state index >= 15 is 0 Å². The van der Waals surface area contributed by atoms with E-state index in [0.29, 0.717) is 12.0 Å². The van der Waals surface area contributed by atoms with Gasteiger partial charge >= 0.3 is 0 Å². The largest absolute Gasteiger partial charge is 0.264 e. The number of allylic oxidation sites excluding steroid dienone is 2. The molecule has 84 valence electrons. The zero-order valence-corrected chi connectivity index (χ0v) is 9.30. The Balaban J connectivity index is 3.02. The minimum absolute atomic E-state index is 0.240. The van der Waals surface area contributed by atoms with Crippen LogP contribution in [-0.2, 0) is 5.54 Å². The summed E-state index contributed by atoms with van der Waals surface area (Å²) in [6, 6.07) is 9.04. The van der Waals surface area contributed by atoms with Crippen molar-refractivity contribution in [3.05, 3.63) is 70.8 Å². The Morgan fingerprint density at radius 2 is 2.06 bits per heavy atom. The van der Waals surface area contributed by atoms with E-state index in [2.05, 4.69) is 6.58 Å². The van der Waals surface area contributed by atoms with Crippen LogP contribution in [-0.4, -0.2) is 4.92 Å². The van der Waals surface area contributed by atoms with Gasteiger partial charge in [0.15, 0.2) is 0 Å². The van der Waals surface area contributed by atoms with E-state index in [0.717, 1.165) is 0 Å². The van der Waals surface area contributed by atoms with Crippen LogP contribution >= 0.6 is 0 Å². The van der Waals surface area contributed by atoms with Gasteiger partial charge in [0.1, 0.15) is 0 Å². The predicted octanol–water partition coefficient (Wildman–Crippen LogP) is 3.31. The standard InChI is InChI=1S/C13H15NO2/c1-3-4-8-11-13(2,14(15)16)12-9-6-5-7-10-12/h3-10H,1,11H2,2H3/b8-4+. The van der Waals surface area contributed by atoms with E-state index in [-0.39, 0.29) is 4.92 Å². The van der Waals surface area contributed by atoms with Gasteiger partial charge in [-0.15, -0.1) is 0 Å². The summed E-state index contributed by atoms with van der Waals surface area (Å²) in [7, 11) is 0. The van der Waals surface area contributed by atoms with Crippen molar-refractivity contribution in [3.63, 3.8) is 0 Å². The van der Waals surface area contributed by atoms with Crippen molar-refractivity contribution in [2.24, 2.45) is 0 Å². The van der Waals surface area contributed by atoms with Crippen LogP contribution < -0.4 is 0 Å². The Hall–Kier alpha value is -1.90. The summed E-state index contributed by atoms with van der Waals surface area (Å²) < 4.78 is 0. The van der Waals surface area contributed by atoms with Crippen molar-refractivity contribution in [2.45, 2.75) is 18.9 Å². The lowest BCUT2D eigenvalue weighted by Gasteiger charge is -2.19. The minimum Gasteiger partial charge on any atom is -0.264 e. The van der Waals surface area contributed by atoms with Crippen LogP contribution in [0.2, 0.25) is 0 Å². The van der Waals surface area contributed by atoms with Gasteiger partial charge in [-0.05, 0) is 0 Å². The molecule has 1 unspecified atom stereocenters. The van der Waals surface area contributed by atoms with Gasteiger partial charge in [0.25, 0.3) is 0 Å². The molecule has 0 aromatic heterocycles. The second-order valence-electron chi connectivity index (χ2n) is 3.76. The van der Waals surface area contributed by atoms with Gasteiger partial charge < -0.3 is 0 Å². The quantitative estimate of drug-likeness (QED) is 0.431. The Kier molecular flexibility index (Phi) is 4.00. The molecule has 0 saturated carbocycles. The first-order valence-corrected chi connectivity index (χ1v) is 5.09. The normalized spacial score (nSPS) is 14.6. The molecule has 3 heteroatoms. The maximum Gasteiger partial charge on any atom is 0.247 e. The average molecular weight is 217 g/mol. The van der Waals surface area contributed by atoms with Crippen molar-refractivity contribution in [3.8, 4) is 0 Å². The summed E-state index contributed by atoms with van der Waals surface area (Å²) in [6.07, 6.45) is 5.47. The first-order valence-electron chi connectivity index (χ1n) is 5.09. The van der Waals surface area contributed by atoms with E-state index < -0.39 is 5.54 Å². The molecule has 16 heavy (non-hydrogen) atoms. The van der Waals surface area contributed by atoms with Crippen molar-refractivity contribution in [1.82, 2.24) is 0 Å². The monoisotopic (exact) mass is 217 g/mol. The third kappa shape index (κ3) is 2.57. The molecule has 1 rings (SSSR count). The number of rotatable bonds is 5. The minimum atomic E-state index is -1.07. The van der Waals surface area contributed by atoms with Crippen LogP contribution in [0.15, 0.2) is 55.1 Å². The molecule has 0 amide bonds. The Bertz CT molecular complexity index is 398. The lowest BCUT2D eigenvalue weighted by molar-refractivity contribution is -0.573. The first-order chi connectivity index (χ1) is 7.61. The molecular weight excluding hydrogens is 202 g/mol. The van der Waals surface area contributed by atoms with Crippen LogP contribution in [0.3, 0.4) is 0 Å². The topological polar surface area (TPSA) is 43.1 Å². The van der Waals surface area contributed by atoms with Gasteiger partial charge in [-0.3, -0.25) is 10.1 Å². The molecule has 1 aromatic rings. The molecule has 0 saturated heterocycles. The molecule has 0 aliphatic carbocycles. The van der Waals surface area contributed by atoms with Crippen LogP contribution in [0.5, 0.6) is 0 Å².